The molecule has 0 aliphatic carbocycles. The molecule has 2 fully saturated rings. The summed E-state index contributed by atoms with van der Waals surface area (Å²) in [6.07, 6.45) is 63.1. The van der Waals surface area contributed by atoms with E-state index in [-0.39, 0.29) is 90.2 Å². The number of carbonyl (C=O) groups is 11. The minimum Gasteiger partial charge on any atom is -0.465 e. The molecule has 0 radical (unpaired) electrons. The van der Waals surface area contributed by atoms with Crippen LogP contribution in [0, 0.1) is 53.3 Å². The van der Waals surface area contributed by atoms with E-state index >= 15 is 0 Å². The van der Waals surface area contributed by atoms with Crippen molar-refractivity contribution in [3.05, 3.63) is 0 Å². The van der Waals surface area contributed by atoms with Gasteiger partial charge in [0.25, 0.3) is 0 Å². The number of rotatable bonds is 74. The fourth-order valence-electron chi connectivity index (χ4n) is 14.7. The Bertz CT molecular complexity index is 2350. The highest BCUT2D eigenvalue weighted by Crippen LogP contribution is 2.27. The second kappa shape index (κ2) is 89.6. The lowest BCUT2D eigenvalue weighted by atomic mass is 9.94. The smallest absolute Gasteiger partial charge is 0.317 e. The summed E-state index contributed by atoms with van der Waals surface area (Å²) >= 11 is 0. The zero-order valence-corrected chi connectivity index (χ0v) is 79.8. The van der Waals surface area contributed by atoms with Gasteiger partial charge in [0.1, 0.15) is 23.1 Å². The van der Waals surface area contributed by atoms with Gasteiger partial charge in [0.15, 0.2) is 0 Å². The SMILES string of the molecule is CC(=O)CCCCCCCCCC1CC(=O)OC1=O.CC(=O)CCCCCCCCCC1CC(=O)OC1=O.CCCCC(CC)CO.CCCCC(CC)CO.CCCCC(CC)COC(=O)CC(CC)CCCCCCCCCC(C)=O.CCCCC(CC)COC(=O)CC(CCCCCCCCCC(C)=O)C(=O)OCC(CC)CCCC. The van der Waals surface area contributed by atoms with Gasteiger partial charge in [0.2, 0.25) is 0 Å². The van der Waals surface area contributed by atoms with Crippen molar-refractivity contribution < 1.29 is 86.6 Å². The van der Waals surface area contributed by atoms with Gasteiger partial charge in [-0.05, 0) is 147 Å². The summed E-state index contributed by atoms with van der Waals surface area (Å²) in [6.45, 7) is 32.7. The first-order valence-electron chi connectivity index (χ1n) is 49.4. The molecule has 18 nitrogen and oxygen atoms in total. The van der Waals surface area contributed by atoms with Crippen LogP contribution in [0.15, 0.2) is 0 Å². The van der Waals surface area contributed by atoms with E-state index in [1.165, 1.54) is 122 Å². The Morgan fingerprint density at radius 1 is 0.303 bits per heavy atom. The molecule has 700 valence electrons. The maximum absolute atomic E-state index is 12.9. The van der Waals surface area contributed by atoms with E-state index in [1.54, 1.807) is 27.7 Å². The number of aliphatic hydroxyl groups excluding tert-OH is 2. The number of Topliss-reactive ketones (excluding diaryl/α,β-unsaturated/α-hetero) is 4. The molecule has 0 aromatic heterocycles. The van der Waals surface area contributed by atoms with Crippen LogP contribution in [-0.2, 0) is 76.4 Å². The molecule has 119 heavy (non-hydrogen) atoms. The summed E-state index contributed by atoms with van der Waals surface area (Å²) in [5.41, 5.74) is 0. The number of ether oxygens (including phenoxy) is 5. The van der Waals surface area contributed by atoms with Crippen LogP contribution in [0.5, 0.6) is 0 Å². The molecule has 2 saturated heterocycles. The van der Waals surface area contributed by atoms with Crippen molar-refractivity contribution in [2.24, 2.45) is 53.3 Å². The van der Waals surface area contributed by atoms with E-state index in [0.717, 1.165) is 218 Å². The van der Waals surface area contributed by atoms with E-state index in [4.69, 9.17) is 24.4 Å². The first kappa shape index (κ1) is 121. The van der Waals surface area contributed by atoms with Gasteiger partial charge in [0, 0.05) is 45.3 Å². The third-order valence-corrected chi connectivity index (χ3v) is 23.7. The zero-order chi connectivity index (χ0) is 89.8. The van der Waals surface area contributed by atoms with Gasteiger partial charge in [-0.15, -0.1) is 0 Å². The predicted molar refractivity (Wildman–Crippen MR) is 487 cm³/mol. The number of ketones is 4. The second-order valence-electron chi connectivity index (χ2n) is 35.1. The minimum atomic E-state index is -0.410. The molecule has 0 aromatic carbocycles. The fourth-order valence-corrected chi connectivity index (χ4v) is 14.7. The third kappa shape index (κ3) is 82.7. The van der Waals surface area contributed by atoms with Crippen molar-refractivity contribution in [1.29, 1.82) is 0 Å². The summed E-state index contributed by atoms with van der Waals surface area (Å²) in [6, 6.07) is 0. The number of unbranched alkanes of at least 4 members (excludes halogenated alkanes) is 29. The van der Waals surface area contributed by atoms with E-state index < -0.39 is 5.92 Å². The number of hydrogen-bond acceptors (Lipinski definition) is 18. The van der Waals surface area contributed by atoms with Crippen molar-refractivity contribution >= 4 is 64.9 Å². The summed E-state index contributed by atoms with van der Waals surface area (Å²) < 4.78 is 25.9. The highest BCUT2D eigenvalue weighted by molar-refractivity contribution is 5.95. The molecule has 18 heteroatoms. The third-order valence-electron chi connectivity index (χ3n) is 23.7. The Balaban J connectivity index is -0.000000707. The highest BCUT2D eigenvalue weighted by Gasteiger charge is 2.34. The molecule has 9 atom stereocenters. The van der Waals surface area contributed by atoms with Gasteiger partial charge >= 0.3 is 41.8 Å². The number of esters is 7. The molecule has 2 aliphatic heterocycles. The van der Waals surface area contributed by atoms with Gasteiger partial charge in [-0.1, -0.05) is 333 Å². The largest absolute Gasteiger partial charge is 0.465 e. The first-order chi connectivity index (χ1) is 57.3. The number of carbonyl (C=O) groups excluding carboxylic acids is 11. The lowest BCUT2D eigenvalue weighted by Gasteiger charge is -2.20. The van der Waals surface area contributed by atoms with Crippen LogP contribution in [0.2, 0.25) is 0 Å². The zero-order valence-electron chi connectivity index (χ0n) is 79.8. The van der Waals surface area contributed by atoms with Gasteiger partial charge in [-0.3, -0.25) is 33.6 Å². The maximum Gasteiger partial charge on any atom is 0.317 e. The van der Waals surface area contributed by atoms with Gasteiger partial charge in [-0.25, -0.2) is 0 Å². The van der Waals surface area contributed by atoms with E-state index in [0.29, 0.717) is 106 Å². The normalized spacial score (nSPS) is 15.2. The summed E-state index contributed by atoms with van der Waals surface area (Å²) in [4.78, 5) is 125. The molecule has 2 rings (SSSR count). The van der Waals surface area contributed by atoms with Crippen molar-refractivity contribution in [3.63, 3.8) is 0 Å². The Labute approximate surface area is 729 Å². The molecule has 0 saturated carbocycles. The number of cyclic esters (lactones) is 4. The molecular formula is C101H188O18. The van der Waals surface area contributed by atoms with Gasteiger partial charge < -0.3 is 53.1 Å². The molecule has 0 spiro atoms. The van der Waals surface area contributed by atoms with E-state index in [2.05, 4.69) is 85.6 Å². The summed E-state index contributed by atoms with van der Waals surface area (Å²) in [7, 11) is 0. The first-order valence-corrected chi connectivity index (χ1v) is 49.4. The lowest BCUT2D eigenvalue weighted by molar-refractivity contribution is -0.157. The molecule has 0 bridgehead atoms. The molecule has 9 unspecified atom stereocenters. The molecule has 0 aromatic rings. The van der Waals surface area contributed by atoms with Crippen LogP contribution in [0.25, 0.3) is 0 Å². The van der Waals surface area contributed by atoms with Crippen LogP contribution >= 0.6 is 0 Å². The van der Waals surface area contributed by atoms with E-state index in [1.807, 2.05) is 0 Å². The van der Waals surface area contributed by atoms with Crippen LogP contribution < -0.4 is 0 Å². The van der Waals surface area contributed by atoms with Crippen LogP contribution in [-0.4, -0.2) is 108 Å². The average Bonchev–Trinajstić information content (AvgIpc) is 1.83. The Morgan fingerprint density at radius 3 is 0.807 bits per heavy atom. The van der Waals surface area contributed by atoms with Crippen LogP contribution in [0.3, 0.4) is 0 Å². The molecule has 2 aliphatic rings. The fraction of sp³-hybridized carbons (Fsp3) is 0.891. The predicted octanol–water partition coefficient (Wildman–Crippen LogP) is 26.6. The van der Waals surface area contributed by atoms with Crippen molar-refractivity contribution in [2.75, 3.05) is 33.0 Å². The standard InChI is InChI=1S/C31H58O5.C24H46O3.2C15H24O4.2C8H18O/c1-6-10-20-27(8-3)24-35-30(33)23-29(31(34)36-25-28(9-4)21-11-7-2)22-18-16-14-12-13-15-17-19-26(5)32;1-5-8-17-23(7-3)20-27-24(26)19-22(6-2)18-15-13-11-9-10-12-14-16-21(4)25;2*1-12(16)9-7-5-3-2-4-6-8-10-13-11-14(17)19-15(13)18;2*1-3-5-6-8(4-2)7-9/h27-29H,6-25H2,1-5H3;22-23H,5-20H2,1-4H3;2*13H,2-11H2,1H3;2*8-9H,3-7H2,1-2H3. The van der Waals surface area contributed by atoms with Crippen molar-refractivity contribution in [1.82, 2.24) is 0 Å². The molecule has 2 heterocycles. The van der Waals surface area contributed by atoms with Crippen molar-refractivity contribution in [3.8, 4) is 0 Å². The highest BCUT2D eigenvalue weighted by atomic mass is 16.6. The monoisotopic (exact) mass is 1690 g/mol. The lowest BCUT2D eigenvalue weighted by Crippen LogP contribution is -2.25. The van der Waals surface area contributed by atoms with Gasteiger partial charge in [0.05, 0.1) is 56.8 Å². The Kier molecular flexibility index (Phi) is 90.8. The quantitative estimate of drug-likeness (QED) is 0.0248. The van der Waals surface area contributed by atoms with Crippen LogP contribution in [0.1, 0.15) is 496 Å². The Hall–Kier alpha value is -4.71. The van der Waals surface area contributed by atoms with Crippen LogP contribution in [0.4, 0.5) is 0 Å². The second-order valence-corrected chi connectivity index (χ2v) is 35.1. The molecule has 0 amide bonds. The summed E-state index contributed by atoms with van der Waals surface area (Å²) in [5, 5.41) is 17.5. The van der Waals surface area contributed by atoms with E-state index in [9.17, 15) is 52.7 Å². The number of hydrogen-bond donors (Lipinski definition) is 2. The maximum atomic E-state index is 12.9. The summed E-state index contributed by atoms with van der Waals surface area (Å²) in [5.74, 6) is 1.34. The molecular weight excluding hydrogens is 1500 g/mol. The number of aliphatic hydroxyl groups is 2. The topological polar surface area (TPSA) is 274 Å². The minimum absolute atomic E-state index is 0.00210. The average molecular weight is 1690 g/mol. The van der Waals surface area contributed by atoms with Crippen molar-refractivity contribution in [2.45, 2.75) is 496 Å². The van der Waals surface area contributed by atoms with Gasteiger partial charge in [-0.2, -0.15) is 0 Å². The Morgan fingerprint density at radius 2 is 0.546 bits per heavy atom. The molecule has 2 N–H and O–H groups in total.